The number of amides is 1. The van der Waals surface area contributed by atoms with E-state index in [1.807, 2.05) is 37.3 Å². The van der Waals surface area contributed by atoms with Gasteiger partial charge in [-0.3, -0.25) is 4.79 Å². The van der Waals surface area contributed by atoms with Crippen molar-refractivity contribution in [1.82, 2.24) is 30.2 Å². The van der Waals surface area contributed by atoms with E-state index in [0.29, 0.717) is 36.4 Å². The largest absolute Gasteiger partial charge is 0.354 e. The number of rotatable bonds is 8. The molecule has 4 rings (SSSR count). The van der Waals surface area contributed by atoms with Crippen molar-refractivity contribution in [3.8, 4) is 11.4 Å². The average Bonchev–Trinajstić information content (AvgIpc) is 3.29. The number of nitrogens with one attached hydrogen (secondary N) is 1. The SMILES string of the molecule is C[C@H](N)c1nc(-c2ccccc2)nn1CC(=O)NCCc1noc(C2CCC2)n1. The van der Waals surface area contributed by atoms with Gasteiger partial charge in [0, 0.05) is 24.4 Å². The molecule has 0 saturated heterocycles. The third kappa shape index (κ3) is 4.51. The molecule has 1 amide bonds. The Kier molecular flexibility index (Phi) is 5.66. The predicted molar refractivity (Wildman–Crippen MR) is 106 cm³/mol. The fraction of sp³-hybridized carbons (Fsp3) is 0.450. The van der Waals surface area contributed by atoms with Crippen LogP contribution in [0.25, 0.3) is 11.4 Å². The van der Waals surface area contributed by atoms with E-state index in [2.05, 4.69) is 25.5 Å². The molecule has 152 valence electrons. The number of carbonyl (C=O) groups is 1. The summed E-state index contributed by atoms with van der Waals surface area (Å²) < 4.78 is 6.86. The van der Waals surface area contributed by atoms with E-state index in [1.165, 1.54) is 6.42 Å². The highest BCUT2D eigenvalue weighted by molar-refractivity contribution is 5.75. The van der Waals surface area contributed by atoms with Gasteiger partial charge in [0.15, 0.2) is 11.6 Å². The Hall–Kier alpha value is -3.07. The highest BCUT2D eigenvalue weighted by Gasteiger charge is 2.25. The molecule has 3 N–H and O–H groups in total. The Morgan fingerprint density at radius 3 is 2.79 bits per heavy atom. The Labute approximate surface area is 168 Å². The van der Waals surface area contributed by atoms with Gasteiger partial charge in [0.05, 0.1) is 6.04 Å². The quantitative estimate of drug-likeness (QED) is 0.597. The number of hydrogen-bond acceptors (Lipinski definition) is 7. The molecule has 1 atom stereocenters. The third-order valence-electron chi connectivity index (χ3n) is 5.04. The maximum absolute atomic E-state index is 12.4. The molecule has 2 aromatic heterocycles. The zero-order valence-electron chi connectivity index (χ0n) is 16.4. The summed E-state index contributed by atoms with van der Waals surface area (Å²) in [6.07, 6.45) is 3.97. The number of hydrogen-bond donors (Lipinski definition) is 2. The number of benzene rings is 1. The smallest absolute Gasteiger partial charge is 0.241 e. The summed E-state index contributed by atoms with van der Waals surface area (Å²) in [6, 6.07) is 9.28. The maximum Gasteiger partial charge on any atom is 0.241 e. The fourth-order valence-corrected chi connectivity index (χ4v) is 3.21. The Balaban J connectivity index is 1.34. The van der Waals surface area contributed by atoms with E-state index < -0.39 is 0 Å². The molecule has 0 unspecified atom stereocenters. The van der Waals surface area contributed by atoms with E-state index >= 15 is 0 Å². The zero-order chi connectivity index (χ0) is 20.2. The molecule has 0 spiro atoms. The molecule has 0 bridgehead atoms. The van der Waals surface area contributed by atoms with Gasteiger partial charge in [-0.05, 0) is 19.8 Å². The van der Waals surface area contributed by atoms with Crippen molar-refractivity contribution in [2.45, 2.75) is 51.1 Å². The average molecular weight is 395 g/mol. The first-order valence-corrected chi connectivity index (χ1v) is 9.95. The molecule has 1 aromatic carbocycles. The van der Waals surface area contributed by atoms with Crippen molar-refractivity contribution in [2.24, 2.45) is 5.73 Å². The van der Waals surface area contributed by atoms with Gasteiger partial charge in [-0.25, -0.2) is 9.67 Å². The molecular formula is C20H25N7O2. The minimum Gasteiger partial charge on any atom is -0.354 e. The molecule has 1 saturated carbocycles. The van der Waals surface area contributed by atoms with Crippen LogP contribution in [0.5, 0.6) is 0 Å². The second-order valence-corrected chi connectivity index (χ2v) is 7.38. The second kappa shape index (κ2) is 8.52. The van der Waals surface area contributed by atoms with Crippen LogP contribution in [0.3, 0.4) is 0 Å². The van der Waals surface area contributed by atoms with Crippen molar-refractivity contribution in [3.05, 3.63) is 47.9 Å². The minimum atomic E-state index is -0.336. The number of aromatic nitrogens is 5. The predicted octanol–water partition coefficient (Wildman–Crippen LogP) is 1.97. The lowest BCUT2D eigenvalue weighted by Crippen LogP contribution is -2.31. The molecule has 0 aliphatic heterocycles. The number of nitrogens with two attached hydrogens (primary N) is 1. The Bertz CT molecular complexity index is 960. The highest BCUT2D eigenvalue weighted by atomic mass is 16.5. The van der Waals surface area contributed by atoms with Crippen molar-refractivity contribution in [2.75, 3.05) is 6.54 Å². The second-order valence-electron chi connectivity index (χ2n) is 7.38. The first-order chi connectivity index (χ1) is 14.1. The van der Waals surface area contributed by atoms with Crippen molar-refractivity contribution < 1.29 is 9.32 Å². The van der Waals surface area contributed by atoms with Gasteiger partial charge in [0.1, 0.15) is 12.4 Å². The molecule has 2 heterocycles. The summed E-state index contributed by atoms with van der Waals surface area (Å²) in [4.78, 5) is 21.3. The standard InChI is InChI=1S/C20H25N7O2/c1-13(21)19-24-18(14-6-3-2-4-7-14)25-27(19)12-17(28)22-11-10-16-23-20(29-26-16)15-8-5-9-15/h2-4,6-7,13,15H,5,8-12,21H2,1H3,(H,22,28)/t13-/m0/s1. The van der Waals surface area contributed by atoms with E-state index in [9.17, 15) is 4.79 Å². The van der Waals surface area contributed by atoms with Gasteiger partial charge in [0.2, 0.25) is 11.8 Å². The summed E-state index contributed by atoms with van der Waals surface area (Å²) in [6.45, 7) is 2.30. The van der Waals surface area contributed by atoms with Gasteiger partial charge in [-0.1, -0.05) is 41.9 Å². The number of nitrogens with zero attached hydrogens (tertiary/aromatic N) is 5. The van der Waals surface area contributed by atoms with Crippen LogP contribution < -0.4 is 11.1 Å². The van der Waals surface area contributed by atoms with Gasteiger partial charge in [-0.15, -0.1) is 0 Å². The summed E-state index contributed by atoms with van der Waals surface area (Å²) in [5, 5.41) is 11.3. The van der Waals surface area contributed by atoms with Gasteiger partial charge in [0.25, 0.3) is 0 Å². The molecule has 9 nitrogen and oxygen atoms in total. The van der Waals surface area contributed by atoms with E-state index in [0.717, 1.165) is 24.3 Å². The molecule has 29 heavy (non-hydrogen) atoms. The molecule has 3 aromatic rings. The monoisotopic (exact) mass is 395 g/mol. The van der Waals surface area contributed by atoms with Crippen LogP contribution in [0.4, 0.5) is 0 Å². The van der Waals surface area contributed by atoms with Gasteiger partial charge in [-0.2, -0.15) is 10.1 Å². The van der Waals surface area contributed by atoms with Crippen molar-refractivity contribution in [1.29, 1.82) is 0 Å². The van der Waals surface area contributed by atoms with Crippen LogP contribution in [-0.2, 0) is 17.8 Å². The normalized spacial score (nSPS) is 15.1. The first kappa shape index (κ1) is 19.3. The Morgan fingerprint density at radius 1 is 1.31 bits per heavy atom. The van der Waals surface area contributed by atoms with Crippen molar-refractivity contribution in [3.63, 3.8) is 0 Å². The van der Waals surface area contributed by atoms with Crippen LogP contribution in [0, 0.1) is 0 Å². The summed E-state index contributed by atoms with van der Waals surface area (Å²) in [7, 11) is 0. The van der Waals surface area contributed by atoms with Crippen LogP contribution in [-0.4, -0.2) is 37.4 Å². The van der Waals surface area contributed by atoms with Crippen LogP contribution >= 0.6 is 0 Å². The van der Waals surface area contributed by atoms with Crippen LogP contribution in [0.2, 0.25) is 0 Å². The lowest BCUT2D eigenvalue weighted by Gasteiger charge is -2.20. The number of carbonyl (C=O) groups excluding carboxylic acids is 1. The first-order valence-electron chi connectivity index (χ1n) is 9.95. The topological polar surface area (TPSA) is 125 Å². The van der Waals surface area contributed by atoms with Crippen LogP contribution in [0.1, 0.15) is 55.7 Å². The van der Waals surface area contributed by atoms with E-state index in [4.69, 9.17) is 10.3 Å². The molecule has 0 radical (unpaired) electrons. The molecule has 1 aliphatic carbocycles. The third-order valence-corrected chi connectivity index (χ3v) is 5.04. The van der Waals surface area contributed by atoms with Gasteiger partial charge < -0.3 is 15.6 Å². The lowest BCUT2D eigenvalue weighted by molar-refractivity contribution is -0.121. The lowest BCUT2D eigenvalue weighted by atomic mass is 9.85. The summed E-state index contributed by atoms with van der Waals surface area (Å²) in [5.41, 5.74) is 6.90. The molecule has 1 aliphatic rings. The van der Waals surface area contributed by atoms with E-state index in [-0.39, 0.29) is 18.5 Å². The molecular weight excluding hydrogens is 370 g/mol. The van der Waals surface area contributed by atoms with Gasteiger partial charge >= 0.3 is 0 Å². The summed E-state index contributed by atoms with van der Waals surface area (Å²) >= 11 is 0. The summed E-state index contributed by atoms with van der Waals surface area (Å²) in [5.74, 6) is 2.71. The zero-order valence-corrected chi connectivity index (χ0v) is 16.4. The minimum absolute atomic E-state index is 0.0519. The molecule has 1 fully saturated rings. The molecule has 9 heteroatoms. The van der Waals surface area contributed by atoms with Crippen molar-refractivity contribution >= 4 is 5.91 Å². The Morgan fingerprint density at radius 2 is 2.10 bits per heavy atom. The van der Waals surface area contributed by atoms with Crippen LogP contribution in [0.15, 0.2) is 34.9 Å². The highest BCUT2D eigenvalue weighted by Crippen LogP contribution is 2.35. The van der Waals surface area contributed by atoms with E-state index in [1.54, 1.807) is 4.68 Å². The maximum atomic E-state index is 12.4. The fourth-order valence-electron chi connectivity index (χ4n) is 3.21.